The van der Waals surface area contributed by atoms with Crippen molar-refractivity contribution in [2.75, 3.05) is 26.3 Å². The summed E-state index contributed by atoms with van der Waals surface area (Å²) in [5, 5.41) is 20.3. The first-order valence-corrected chi connectivity index (χ1v) is 11.2. The predicted octanol–water partition coefficient (Wildman–Crippen LogP) is 1.25. The summed E-state index contributed by atoms with van der Waals surface area (Å²) in [4.78, 5) is 51.1. The van der Waals surface area contributed by atoms with Crippen LogP contribution >= 0.6 is 0 Å². The molecule has 1 aliphatic heterocycles. The molecule has 3 heterocycles. The maximum absolute atomic E-state index is 12.6. The number of hydrogen-bond donors (Lipinski definition) is 5. The number of piperidine rings is 1. The van der Waals surface area contributed by atoms with E-state index in [1.165, 1.54) is 0 Å². The Morgan fingerprint density at radius 3 is 2.69 bits per heavy atom. The van der Waals surface area contributed by atoms with Gasteiger partial charge in [0.2, 0.25) is 11.8 Å². The molecule has 0 saturated carbocycles. The Bertz CT molecular complexity index is 1270. The van der Waals surface area contributed by atoms with Crippen LogP contribution in [0, 0.1) is 0 Å². The van der Waals surface area contributed by atoms with Crippen LogP contribution in [0.5, 0.6) is 0 Å². The van der Waals surface area contributed by atoms with Crippen LogP contribution in [0.3, 0.4) is 0 Å². The van der Waals surface area contributed by atoms with Gasteiger partial charge in [0, 0.05) is 43.0 Å². The number of carboxylic acid groups (broad SMARTS) is 1. The Labute approximate surface area is 200 Å². The van der Waals surface area contributed by atoms with E-state index in [0.29, 0.717) is 12.1 Å². The zero-order valence-corrected chi connectivity index (χ0v) is 18.9. The van der Waals surface area contributed by atoms with Crippen LogP contribution in [0.25, 0.3) is 21.9 Å². The number of pyridine rings is 1. The molecule has 1 aliphatic rings. The van der Waals surface area contributed by atoms with Gasteiger partial charge in [-0.1, -0.05) is 6.07 Å². The molecule has 12 nitrogen and oxygen atoms in total. The number of hydrogen-bond acceptors (Lipinski definition) is 6. The second kappa shape index (κ2) is 10.8. The third-order valence-corrected chi connectivity index (χ3v) is 5.65. The van der Waals surface area contributed by atoms with Gasteiger partial charge >= 0.3 is 12.1 Å². The highest BCUT2D eigenvalue weighted by Crippen LogP contribution is 2.33. The second-order valence-electron chi connectivity index (χ2n) is 8.02. The van der Waals surface area contributed by atoms with Gasteiger partial charge in [0.15, 0.2) is 0 Å². The molecular formula is C23H26N6O6. The number of ether oxygens (including phenoxy) is 1. The zero-order valence-electron chi connectivity index (χ0n) is 18.9. The summed E-state index contributed by atoms with van der Waals surface area (Å²) in [5.74, 6) is -0.608. The molecule has 1 fully saturated rings. The number of rotatable bonds is 9. The molecule has 1 saturated heterocycles. The SMILES string of the molecule is O=C(O)NCCOCCNC(=O)NCc1ccc2c(c1)c1cccnc1n2C1CCC(=O)NC1=O. The highest BCUT2D eigenvalue weighted by Gasteiger charge is 2.30. The first-order valence-electron chi connectivity index (χ1n) is 11.2. The second-order valence-corrected chi connectivity index (χ2v) is 8.02. The van der Waals surface area contributed by atoms with Crippen LogP contribution in [0.4, 0.5) is 9.59 Å². The van der Waals surface area contributed by atoms with Crippen LogP contribution in [0.15, 0.2) is 36.5 Å². The number of fused-ring (bicyclic) bond motifs is 3. The van der Waals surface area contributed by atoms with Gasteiger partial charge < -0.3 is 30.4 Å². The number of carbonyl (C=O) groups is 4. The lowest BCUT2D eigenvalue weighted by atomic mass is 10.1. The molecule has 184 valence electrons. The van der Waals surface area contributed by atoms with Crippen LogP contribution < -0.4 is 21.3 Å². The van der Waals surface area contributed by atoms with E-state index >= 15 is 0 Å². The molecule has 1 unspecified atom stereocenters. The summed E-state index contributed by atoms with van der Waals surface area (Å²) in [7, 11) is 0. The van der Waals surface area contributed by atoms with Crippen LogP contribution in [0.1, 0.15) is 24.4 Å². The van der Waals surface area contributed by atoms with Gasteiger partial charge in [0.25, 0.3) is 0 Å². The van der Waals surface area contributed by atoms with Gasteiger partial charge in [-0.3, -0.25) is 14.9 Å². The molecule has 0 spiro atoms. The van der Waals surface area contributed by atoms with E-state index in [1.54, 1.807) is 6.20 Å². The van der Waals surface area contributed by atoms with Crippen LogP contribution in [0.2, 0.25) is 0 Å². The van der Waals surface area contributed by atoms with Crippen molar-refractivity contribution in [2.45, 2.75) is 25.4 Å². The number of amides is 5. The number of nitrogens with zero attached hydrogens (tertiary/aromatic N) is 2. The lowest BCUT2D eigenvalue weighted by molar-refractivity contribution is -0.135. The van der Waals surface area contributed by atoms with Gasteiger partial charge in [0.1, 0.15) is 11.7 Å². The summed E-state index contributed by atoms with van der Waals surface area (Å²) >= 11 is 0. The summed E-state index contributed by atoms with van der Waals surface area (Å²) in [5.41, 5.74) is 2.36. The summed E-state index contributed by atoms with van der Waals surface area (Å²) < 4.78 is 7.11. The Hall–Kier alpha value is -4.19. The first kappa shape index (κ1) is 24.0. The topological polar surface area (TPSA) is 164 Å². The van der Waals surface area contributed by atoms with E-state index in [9.17, 15) is 19.2 Å². The Morgan fingerprint density at radius 2 is 1.91 bits per heavy atom. The van der Waals surface area contributed by atoms with Crippen molar-refractivity contribution in [2.24, 2.45) is 0 Å². The zero-order chi connectivity index (χ0) is 24.8. The van der Waals surface area contributed by atoms with Crippen LogP contribution in [-0.2, 0) is 20.9 Å². The molecule has 5 amide bonds. The van der Waals surface area contributed by atoms with Crippen molar-refractivity contribution in [3.05, 3.63) is 42.1 Å². The lowest BCUT2D eigenvalue weighted by Gasteiger charge is -2.23. The van der Waals surface area contributed by atoms with Gasteiger partial charge in [-0.25, -0.2) is 14.6 Å². The van der Waals surface area contributed by atoms with E-state index in [2.05, 4.69) is 26.3 Å². The highest BCUT2D eigenvalue weighted by atomic mass is 16.5. The van der Waals surface area contributed by atoms with Crippen molar-refractivity contribution < 1.29 is 29.0 Å². The van der Waals surface area contributed by atoms with E-state index in [-0.39, 0.29) is 57.1 Å². The third kappa shape index (κ3) is 5.66. The molecule has 4 rings (SSSR count). The monoisotopic (exact) mass is 482 g/mol. The molecule has 35 heavy (non-hydrogen) atoms. The minimum Gasteiger partial charge on any atom is -0.465 e. The molecule has 2 aromatic heterocycles. The molecule has 0 bridgehead atoms. The fraction of sp³-hybridized carbons (Fsp3) is 0.348. The van der Waals surface area contributed by atoms with E-state index in [4.69, 9.17) is 9.84 Å². The fourth-order valence-electron chi connectivity index (χ4n) is 4.09. The Kier molecular flexibility index (Phi) is 7.41. The molecule has 3 aromatic rings. The van der Waals surface area contributed by atoms with Gasteiger partial charge in [-0.2, -0.15) is 0 Å². The molecule has 0 radical (unpaired) electrons. The summed E-state index contributed by atoms with van der Waals surface area (Å²) in [6, 6.07) is 8.61. The first-order chi connectivity index (χ1) is 16.9. The molecule has 5 N–H and O–H groups in total. The number of nitrogens with one attached hydrogen (secondary N) is 4. The minimum atomic E-state index is -1.11. The highest BCUT2D eigenvalue weighted by molar-refractivity contribution is 6.09. The maximum Gasteiger partial charge on any atom is 0.404 e. The molecule has 1 atom stereocenters. The average Bonchev–Trinajstić information content (AvgIpc) is 3.16. The van der Waals surface area contributed by atoms with E-state index in [0.717, 1.165) is 21.9 Å². The third-order valence-electron chi connectivity index (χ3n) is 5.65. The number of benzene rings is 1. The lowest BCUT2D eigenvalue weighted by Crippen LogP contribution is -2.41. The van der Waals surface area contributed by atoms with E-state index < -0.39 is 12.1 Å². The molecule has 1 aromatic carbocycles. The van der Waals surface area contributed by atoms with Crippen molar-refractivity contribution in [1.29, 1.82) is 0 Å². The van der Waals surface area contributed by atoms with Gasteiger partial charge in [0.05, 0.1) is 18.7 Å². The predicted molar refractivity (Wildman–Crippen MR) is 126 cm³/mol. The molecule has 0 aliphatic carbocycles. The summed E-state index contributed by atoms with van der Waals surface area (Å²) in [6.07, 6.45) is 1.24. The summed E-state index contributed by atoms with van der Waals surface area (Å²) in [6.45, 7) is 1.23. The van der Waals surface area contributed by atoms with Crippen molar-refractivity contribution in [3.8, 4) is 0 Å². The van der Waals surface area contributed by atoms with Gasteiger partial charge in [-0.05, 0) is 36.2 Å². The van der Waals surface area contributed by atoms with Crippen LogP contribution in [-0.4, -0.2) is 64.9 Å². The number of carbonyl (C=O) groups excluding carboxylic acids is 3. The standard InChI is InChI=1S/C23H26N6O6/c30-19-6-5-18(21(31)28-19)29-17-4-3-14(12-16(17)15-2-1-7-24-20(15)29)13-27-22(32)25-8-10-35-11-9-26-23(33)34/h1-4,7,12,18,26H,5-6,8-11,13H2,(H,33,34)(H2,25,27,32)(H,28,30,31). The van der Waals surface area contributed by atoms with Gasteiger partial charge in [-0.15, -0.1) is 0 Å². The van der Waals surface area contributed by atoms with Crippen molar-refractivity contribution in [1.82, 2.24) is 30.8 Å². The quantitative estimate of drug-likeness (QED) is 0.226. The largest absolute Gasteiger partial charge is 0.465 e. The van der Waals surface area contributed by atoms with Crippen molar-refractivity contribution >= 4 is 45.9 Å². The smallest absolute Gasteiger partial charge is 0.404 e. The van der Waals surface area contributed by atoms with Crippen molar-refractivity contribution in [3.63, 3.8) is 0 Å². The maximum atomic E-state index is 12.6. The Morgan fingerprint density at radius 1 is 1.11 bits per heavy atom. The number of urea groups is 1. The van der Waals surface area contributed by atoms with E-state index in [1.807, 2.05) is 34.9 Å². The molecular weight excluding hydrogens is 456 g/mol. The number of imide groups is 1. The minimum absolute atomic E-state index is 0.180. The fourth-order valence-corrected chi connectivity index (χ4v) is 4.09. The average molecular weight is 482 g/mol. The normalized spacial score (nSPS) is 15.7. The number of aromatic nitrogens is 2. The Balaban J connectivity index is 1.40. The molecule has 12 heteroatoms.